The summed E-state index contributed by atoms with van der Waals surface area (Å²) in [4.78, 5) is 21.3. The molecule has 4 rings (SSSR count). The van der Waals surface area contributed by atoms with E-state index in [0.29, 0.717) is 30.7 Å². The van der Waals surface area contributed by atoms with Crippen molar-refractivity contribution in [3.05, 3.63) is 36.2 Å². The van der Waals surface area contributed by atoms with E-state index in [2.05, 4.69) is 34.9 Å². The number of carbonyl (C=O) groups excluding carboxylic acids is 1. The van der Waals surface area contributed by atoms with Gasteiger partial charge in [0.2, 0.25) is 11.8 Å². The van der Waals surface area contributed by atoms with Gasteiger partial charge in [-0.2, -0.15) is 0 Å². The zero-order valence-electron chi connectivity index (χ0n) is 19.8. The number of nitrogens with one attached hydrogen (secondary N) is 1. The molecule has 0 bridgehead atoms. The predicted molar refractivity (Wildman–Crippen MR) is 130 cm³/mol. The van der Waals surface area contributed by atoms with Crippen molar-refractivity contribution in [3.8, 4) is 17.0 Å². The average Bonchev–Trinajstić information content (AvgIpc) is 3.39. The zero-order valence-corrected chi connectivity index (χ0v) is 20.8. The summed E-state index contributed by atoms with van der Waals surface area (Å²) in [7, 11) is 0.396. The van der Waals surface area contributed by atoms with E-state index in [0.717, 1.165) is 28.1 Å². The number of halogens is 1. The highest BCUT2D eigenvalue weighted by molar-refractivity contribution is 6.76. The second-order valence-electron chi connectivity index (χ2n) is 9.79. The Morgan fingerprint density at radius 2 is 2.06 bits per heavy atom. The number of hydrogen-bond donors (Lipinski definition) is 1. The summed E-state index contributed by atoms with van der Waals surface area (Å²) in [6.45, 7) is 9.97. The van der Waals surface area contributed by atoms with Crippen molar-refractivity contribution < 1.29 is 18.7 Å². The summed E-state index contributed by atoms with van der Waals surface area (Å²) in [6.07, 6.45) is 2.94. The number of anilines is 1. The third-order valence-electron chi connectivity index (χ3n) is 5.84. The number of amides is 1. The number of nitrogens with zero attached hydrogens (tertiary/aromatic N) is 3. The van der Waals surface area contributed by atoms with Crippen LogP contribution in [0.2, 0.25) is 25.7 Å². The lowest BCUT2D eigenvalue weighted by Crippen LogP contribution is -2.22. The van der Waals surface area contributed by atoms with Crippen LogP contribution < -0.4 is 10.1 Å². The maximum absolute atomic E-state index is 13.3. The van der Waals surface area contributed by atoms with E-state index in [-0.39, 0.29) is 12.3 Å². The van der Waals surface area contributed by atoms with Crippen LogP contribution in [0.25, 0.3) is 22.2 Å². The third-order valence-corrected chi connectivity index (χ3v) is 7.54. The molecule has 2 atom stereocenters. The zero-order chi connectivity index (χ0) is 23.8. The summed E-state index contributed by atoms with van der Waals surface area (Å²) in [5.74, 6) is 0.0316. The maximum Gasteiger partial charge on any atom is 0.231 e. The third kappa shape index (κ3) is 5.25. The predicted octanol–water partition coefficient (Wildman–Crippen LogP) is 5.02. The molecule has 1 fully saturated rings. The van der Waals surface area contributed by atoms with Crippen LogP contribution >= 0.6 is 0 Å². The molecule has 1 N–H and O–H groups in total. The van der Waals surface area contributed by atoms with Crippen molar-refractivity contribution in [1.29, 1.82) is 0 Å². The van der Waals surface area contributed by atoms with E-state index >= 15 is 0 Å². The normalized spacial score (nSPS) is 17.9. The largest absolute Gasteiger partial charge is 0.481 e. The number of rotatable bonds is 9. The van der Waals surface area contributed by atoms with Crippen LogP contribution in [0, 0.1) is 12.8 Å². The number of aryl methyl sites for hydroxylation is 1. The van der Waals surface area contributed by atoms with Gasteiger partial charge < -0.3 is 19.4 Å². The van der Waals surface area contributed by atoms with Gasteiger partial charge in [-0.15, -0.1) is 0 Å². The number of carbonyl (C=O) groups is 1. The summed E-state index contributed by atoms with van der Waals surface area (Å²) in [5, 5.41) is 3.64. The number of methoxy groups -OCH3 is 1. The molecule has 1 saturated carbocycles. The van der Waals surface area contributed by atoms with Crippen LogP contribution in [0.1, 0.15) is 12.0 Å². The molecule has 0 radical (unpaired) electrons. The molecular weight excluding hydrogens is 439 g/mol. The Kier molecular flexibility index (Phi) is 6.53. The summed E-state index contributed by atoms with van der Waals surface area (Å²) in [5.41, 5.74) is 3.52. The van der Waals surface area contributed by atoms with Crippen LogP contribution in [-0.2, 0) is 16.3 Å². The number of ether oxygens (including phenoxy) is 2. The second-order valence-corrected chi connectivity index (χ2v) is 15.4. The van der Waals surface area contributed by atoms with Gasteiger partial charge in [-0.3, -0.25) is 4.79 Å². The minimum atomic E-state index is -1.21. The van der Waals surface area contributed by atoms with Crippen molar-refractivity contribution in [3.63, 3.8) is 0 Å². The standard InChI is InChI=1S/C24H31FN4O3Si/c1-15-8-9-26-24(31-2)21(15)18-13-29(14-32-10-11-33(3,4)5)22-16(18)6-7-20(27-22)28-23(30)17-12-19(17)25/h6-9,13,17,19H,10-12,14H2,1-5H3,(H,27,28,30)/t17-,19+/m1/s1. The molecule has 1 aliphatic rings. The SMILES string of the molecule is COc1nccc(C)c1-c1cn(COCC[Si](C)(C)C)c2nc(NC(=O)[C@@H]3C[C@@H]3F)ccc12. The van der Waals surface area contributed by atoms with Crippen molar-refractivity contribution >= 4 is 30.8 Å². The van der Waals surface area contributed by atoms with Gasteiger partial charge in [0.05, 0.1) is 13.0 Å². The molecule has 0 saturated heterocycles. The lowest BCUT2D eigenvalue weighted by atomic mass is 10.0. The Morgan fingerprint density at radius 1 is 1.30 bits per heavy atom. The number of fused-ring (bicyclic) bond motifs is 1. The molecule has 3 heterocycles. The molecule has 7 nitrogen and oxygen atoms in total. The Labute approximate surface area is 194 Å². The highest BCUT2D eigenvalue weighted by Crippen LogP contribution is 2.38. The first-order valence-electron chi connectivity index (χ1n) is 11.2. The first-order valence-corrected chi connectivity index (χ1v) is 14.9. The molecule has 0 aliphatic heterocycles. The van der Waals surface area contributed by atoms with E-state index in [4.69, 9.17) is 9.47 Å². The highest BCUT2D eigenvalue weighted by atomic mass is 28.3. The van der Waals surface area contributed by atoms with E-state index in [1.807, 2.05) is 29.8 Å². The van der Waals surface area contributed by atoms with Crippen molar-refractivity contribution in [2.75, 3.05) is 19.0 Å². The average molecular weight is 471 g/mol. The Balaban J connectivity index is 1.70. The second kappa shape index (κ2) is 9.22. The Morgan fingerprint density at radius 3 is 2.73 bits per heavy atom. The number of pyridine rings is 2. The minimum Gasteiger partial charge on any atom is -0.481 e. The fourth-order valence-corrected chi connectivity index (χ4v) is 4.50. The minimum absolute atomic E-state index is 0.277. The van der Waals surface area contributed by atoms with E-state index in [9.17, 15) is 9.18 Å². The van der Waals surface area contributed by atoms with Crippen molar-refractivity contribution in [1.82, 2.24) is 14.5 Å². The monoisotopic (exact) mass is 470 g/mol. The number of alkyl halides is 1. The molecule has 3 aromatic rings. The maximum atomic E-state index is 13.3. The molecule has 3 aromatic heterocycles. The molecule has 1 amide bonds. The Bertz CT molecular complexity index is 1170. The van der Waals surface area contributed by atoms with E-state index in [1.165, 1.54) is 0 Å². The topological polar surface area (TPSA) is 78.3 Å². The van der Waals surface area contributed by atoms with Crippen molar-refractivity contribution in [2.45, 2.75) is 51.9 Å². The molecule has 0 unspecified atom stereocenters. The number of aromatic nitrogens is 3. The van der Waals surface area contributed by atoms with Crippen LogP contribution in [-0.4, -0.2) is 48.4 Å². The first-order chi connectivity index (χ1) is 15.7. The van der Waals surface area contributed by atoms with Gasteiger partial charge in [0.15, 0.2) is 0 Å². The summed E-state index contributed by atoms with van der Waals surface area (Å²) >= 11 is 0. The van der Waals surface area contributed by atoms with Crippen LogP contribution in [0.15, 0.2) is 30.6 Å². The van der Waals surface area contributed by atoms with Gasteiger partial charge in [0.1, 0.15) is 24.4 Å². The van der Waals surface area contributed by atoms with Gasteiger partial charge in [0.25, 0.3) is 0 Å². The summed E-state index contributed by atoms with van der Waals surface area (Å²) < 4.78 is 26.8. The lowest BCUT2D eigenvalue weighted by molar-refractivity contribution is -0.117. The van der Waals surface area contributed by atoms with Gasteiger partial charge in [-0.1, -0.05) is 19.6 Å². The Hall–Kier alpha value is -2.78. The molecular formula is C24H31FN4O3Si. The van der Waals surface area contributed by atoms with Crippen LogP contribution in [0.3, 0.4) is 0 Å². The molecule has 9 heteroatoms. The van der Waals surface area contributed by atoms with Gasteiger partial charge in [0, 0.05) is 43.6 Å². The fraction of sp³-hybridized carbons (Fsp3) is 0.458. The number of hydrogen-bond acceptors (Lipinski definition) is 5. The van der Waals surface area contributed by atoms with E-state index < -0.39 is 20.2 Å². The van der Waals surface area contributed by atoms with E-state index in [1.54, 1.807) is 19.4 Å². The lowest BCUT2D eigenvalue weighted by Gasteiger charge is -2.15. The fourth-order valence-electron chi connectivity index (χ4n) is 3.74. The van der Waals surface area contributed by atoms with Crippen LogP contribution in [0.4, 0.5) is 10.2 Å². The van der Waals surface area contributed by atoms with Crippen LogP contribution in [0.5, 0.6) is 5.88 Å². The molecule has 0 spiro atoms. The molecule has 176 valence electrons. The highest BCUT2D eigenvalue weighted by Gasteiger charge is 2.43. The van der Waals surface area contributed by atoms with Gasteiger partial charge in [-0.05, 0) is 43.2 Å². The summed E-state index contributed by atoms with van der Waals surface area (Å²) in [6, 6.07) is 6.66. The molecule has 1 aliphatic carbocycles. The first kappa shape index (κ1) is 23.4. The smallest absolute Gasteiger partial charge is 0.231 e. The van der Waals surface area contributed by atoms with Gasteiger partial charge in [-0.25, -0.2) is 14.4 Å². The molecule has 33 heavy (non-hydrogen) atoms. The van der Waals surface area contributed by atoms with Gasteiger partial charge >= 0.3 is 0 Å². The molecule has 0 aromatic carbocycles. The van der Waals surface area contributed by atoms with Crippen molar-refractivity contribution in [2.24, 2.45) is 5.92 Å². The quantitative estimate of drug-likeness (QED) is 0.351.